The zero-order chi connectivity index (χ0) is 27.3. The molecule has 198 valence electrons. The van der Waals surface area contributed by atoms with Gasteiger partial charge in [0.1, 0.15) is 24.2 Å². The number of terminal acetylenes is 1. The summed E-state index contributed by atoms with van der Waals surface area (Å²) in [6.45, 7) is 3.95. The van der Waals surface area contributed by atoms with E-state index < -0.39 is 54.7 Å². The number of aliphatic hydroxyl groups excluding tert-OH is 1. The predicted octanol–water partition coefficient (Wildman–Crippen LogP) is 1.47. The summed E-state index contributed by atoms with van der Waals surface area (Å²) in [4.78, 5) is 52.4. The van der Waals surface area contributed by atoms with E-state index in [4.69, 9.17) is 11.2 Å². The van der Waals surface area contributed by atoms with E-state index in [1.54, 1.807) is 45.0 Å². The smallest absolute Gasteiger partial charge is 0.408 e. The molecule has 0 aliphatic rings. The molecule has 0 fully saturated rings. The fourth-order valence-electron chi connectivity index (χ4n) is 3.26. The molecule has 11 heteroatoms. The first kappa shape index (κ1) is 30.8. The van der Waals surface area contributed by atoms with E-state index in [0.29, 0.717) is 16.9 Å². The number of nitrogens with one attached hydrogen (secondary N) is 2. The Bertz CT molecular complexity index is 956. The number of esters is 1. The number of hydrogen-bond donors (Lipinski definition) is 3. The zero-order valence-corrected chi connectivity index (χ0v) is 22.1. The van der Waals surface area contributed by atoms with Crippen molar-refractivity contribution in [1.82, 2.24) is 15.5 Å². The molecule has 0 heterocycles. The van der Waals surface area contributed by atoms with Gasteiger partial charge in [-0.3, -0.25) is 14.4 Å². The number of methoxy groups -OCH3 is 1. The van der Waals surface area contributed by atoms with Gasteiger partial charge in [0, 0.05) is 12.1 Å². The fraction of sp³-hybridized carbons (Fsp3) is 0.520. The average Bonchev–Trinajstić information content (AvgIpc) is 2.83. The van der Waals surface area contributed by atoms with Crippen molar-refractivity contribution in [3.05, 3.63) is 35.4 Å². The molecule has 0 spiro atoms. The van der Waals surface area contributed by atoms with Gasteiger partial charge in [0.15, 0.2) is 0 Å². The number of amides is 3. The number of carbonyl (C=O) groups is 4. The third-order valence-corrected chi connectivity index (χ3v) is 5.47. The summed E-state index contributed by atoms with van der Waals surface area (Å²) >= 11 is 1.47. The van der Waals surface area contributed by atoms with Crippen LogP contribution in [-0.4, -0.2) is 84.3 Å². The minimum atomic E-state index is -1.29. The molecule has 10 nitrogen and oxygen atoms in total. The van der Waals surface area contributed by atoms with Crippen molar-refractivity contribution in [3.63, 3.8) is 0 Å². The third-order valence-electron chi connectivity index (χ3n) is 4.83. The number of hydrogen-bond acceptors (Lipinski definition) is 8. The van der Waals surface area contributed by atoms with E-state index in [1.165, 1.54) is 18.9 Å². The van der Waals surface area contributed by atoms with Crippen molar-refractivity contribution in [2.45, 2.75) is 44.9 Å². The van der Waals surface area contributed by atoms with Gasteiger partial charge >= 0.3 is 12.1 Å². The molecule has 36 heavy (non-hydrogen) atoms. The average molecular weight is 522 g/mol. The summed E-state index contributed by atoms with van der Waals surface area (Å²) in [5.41, 5.74) is -0.110. The van der Waals surface area contributed by atoms with Crippen LogP contribution in [0.25, 0.3) is 0 Å². The lowest BCUT2D eigenvalue weighted by molar-refractivity contribution is -0.145. The Kier molecular flexibility index (Phi) is 12.8. The van der Waals surface area contributed by atoms with Gasteiger partial charge in [0.25, 0.3) is 0 Å². The highest BCUT2D eigenvalue weighted by molar-refractivity contribution is 7.98. The Hall–Kier alpha value is -3.23. The van der Waals surface area contributed by atoms with Gasteiger partial charge in [0.2, 0.25) is 11.8 Å². The van der Waals surface area contributed by atoms with Crippen LogP contribution >= 0.6 is 11.8 Å². The maximum atomic E-state index is 13.8. The molecule has 3 N–H and O–H groups in total. The van der Waals surface area contributed by atoms with E-state index in [9.17, 15) is 24.3 Å². The maximum absolute atomic E-state index is 13.8. The van der Waals surface area contributed by atoms with E-state index in [1.807, 2.05) is 6.26 Å². The second-order valence-electron chi connectivity index (χ2n) is 8.66. The summed E-state index contributed by atoms with van der Waals surface area (Å²) < 4.78 is 9.89. The van der Waals surface area contributed by atoms with Gasteiger partial charge in [-0.2, -0.15) is 11.8 Å². The Morgan fingerprint density at radius 3 is 2.44 bits per heavy atom. The van der Waals surface area contributed by atoms with Gasteiger partial charge < -0.3 is 30.1 Å². The van der Waals surface area contributed by atoms with Crippen molar-refractivity contribution < 1.29 is 33.8 Å². The highest BCUT2D eigenvalue weighted by atomic mass is 32.2. The molecule has 1 aromatic carbocycles. The molecule has 2 atom stereocenters. The predicted molar refractivity (Wildman–Crippen MR) is 137 cm³/mol. The molecular formula is C25H35N3O7S. The van der Waals surface area contributed by atoms with E-state index in [2.05, 4.69) is 21.3 Å². The number of alkyl carbamates (subject to hydrolysis) is 1. The Balaban J connectivity index is 3.47. The molecule has 0 aromatic heterocycles. The summed E-state index contributed by atoms with van der Waals surface area (Å²) in [6.07, 6.45) is 6.96. The molecule has 2 unspecified atom stereocenters. The first-order valence-corrected chi connectivity index (χ1v) is 12.7. The van der Waals surface area contributed by atoms with Crippen LogP contribution in [0.15, 0.2) is 24.3 Å². The molecule has 3 amide bonds. The number of thioether (sulfide) groups is 1. The molecule has 0 aliphatic carbocycles. The van der Waals surface area contributed by atoms with Crippen LogP contribution < -0.4 is 10.6 Å². The van der Waals surface area contributed by atoms with Crippen LogP contribution in [0.2, 0.25) is 0 Å². The molecule has 0 radical (unpaired) electrons. The lowest BCUT2D eigenvalue weighted by Gasteiger charge is -2.34. The monoisotopic (exact) mass is 521 g/mol. The number of carbonyl (C=O) groups excluding carboxylic acids is 4. The summed E-state index contributed by atoms with van der Waals surface area (Å²) in [7, 11) is 1.18. The van der Waals surface area contributed by atoms with Crippen molar-refractivity contribution in [2.24, 2.45) is 0 Å². The van der Waals surface area contributed by atoms with Crippen LogP contribution in [0.3, 0.4) is 0 Å². The summed E-state index contributed by atoms with van der Waals surface area (Å²) in [5, 5.41) is 14.8. The molecule has 1 aromatic rings. The molecular weight excluding hydrogens is 486 g/mol. The van der Waals surface area contributed by atoms with Crippen LogP contribution in [0, 0.1) is 12.3 Å². The van der Waals surface area contributed by atoms with Crippen LogP contribution in [0.5, 0.6) is 0 Å². The van der Waals surface area contributed by atoms with Crippen LogP contribution in [0.4, 0.5) is 4.79 Å². The molecule has 1 rings (SSSR count). The number of benzene rings is 1. The number of ether oxygens (including phenoxy) is 2. The highest BCUT2D eigenvalue weighted by Gasteiger charge is 2.37. The Morgan fingerprint density at radius 1 is 1.22 bits per heavy atom. The SMILES string of the molecule is C#Cc1ccccc1C(C(=O)NCC(=O)OC)N(CCO)C(=O)C(CCSC)NC(=O)OC(C)(C)C. The lowest BCUT2D eigenvalue weighted by atomic mass is 9.97. The Morgan fingerprint density at radius 2 is 1.89 bits per heavy atom. The van der Waals surface area contributed by atoms with E-state index >= 15 is 0 Å². The highest BCUT2D eigenvalue weighted by Crippen LogP contribution is 2.26. The zero-order valence-electron chi connectivity index (χ0n) is 21.3. The molecule has 0 saturated carbocycles. The van der Waals surface area contributed by atoms with Gasteiger partial charge in [-0.05, 0) is 50.8 Å². The molecule has 0 bridgehead atoms. The molecule has 0 aliphatic heterocycles. The third kappa shape index (κ3) is 9.79. The van der Waals surface area contributed by atoms with Crippen molar-refractivity contribution in [1.29, 1.82) is 0 Å². The number of aliphatic hydroxyl groups is 1. The standard InChI is InChI=1S/C25H35N3O7S/c1-7-17-10-8-9-11-18(17)21(22(31)26-16-20(30)34-5)28(13-14-29)23(32)19(12-15-36-6)27-24(33)35-25(2,3)4/h1,8-11,19,21,29H,12-16H2,2-6H3,(H,26,31)(H,27,33). The van der Waals surface area contributed by atoms with Gasteiger partial charge in [-0.25, -0.2) is 4.79 Å². The van der Waals surface area contributed by atoms with Crippen molar-refractivity contribution in [3.8, 4) is 12.3 Å². The van der Waals surface area contributed by atoms with Crippen molar-refractivity contribution in [2.75, 3.05) is 38.8 Å². The van der Waals surface area contributed by atoms with Gasteiger partial charge in [-0.1, -0.05) is 24.1 Å². The summed E-state index contributed by atoms with van der Waals surface area (Å²) in [6, 6.07) is 4.20. The topological polar surface area (TPSA) is 134 Å². The normalized spacial score (nSPS) is 12.5. The number of rotatable bonds is 12. The lowest BCUT2D eigenvalue weighted by Crippen LogP contribution is -2.54. The second kappa shape index (κ2) is 15.0. The second-order valence-corrected chi connectivity index (χ2v) is 9.65. The van der Waals surface area contributed by atoms with Gasteiger partial charge in [0.05, 0.1) is 13.7 Å². The fourth-order valence-corrected chi connectivity index (χ4v) is 3.73. The van der Waals surface area contributed by atoms with Crippen LogP contribution in [-0.2, 0) is 23.9 Å². The first-order valence-electron chi connectivity index (χ1n) is 11.3. The largest absolute Gasteiger partial charge is 0.468 e. The van der Waals surface area contributed by atoms with Crippen molar-refractivity contribution >= 4 is 35.6 Å². The van der Waals surface area contributed by atoms with Gasteiger partial charge in [-0.15, -0.1) is 6.42 Å². The minimum Gasteiger partial charge on any atom is -0.468 e. The first-order chi connectivity index (χ1) is 17.0. The maximum Gasteiger partial charge on any atom is 0.408 e. The van der Waals surface area contributed by atoms with E-state index in [0.717, 1.165) is 4.90 Å². The summed E-state index contributed by atoms with van der Waals surface area (Å²) in [5.74, 6) is 1.02. The number of nitrogens with zero attached hydrogens (tertiary/aromatic N) is 1. The van der Waals surface area contributed by atoms with E-state index in [-0.39, 0.29) is 13.0 Å². The quantitative estimate of drug-likeness (QED) is 0.278. The molecule has 0 saturated heterocycles. The minimum absolute atomic E-state index is 0.236. The van der Waals surface area contributed by atoms with Crippen LogP contribution in [0.1, 0.15) is 44.4 Å². The Labute approximate surface area is 216 Å².